The molecule has 2 heterocycles. The van der Waals surface area contributed by atoms with Crippen molar-refractivity contribution in [1.82, 2.24) is 0 Å². The van der Waals surface area contributed by atoms with Gasteiger partial charge in [-0.1, -0.05) is 24.3 Å². The molecular weight excluding hydrogens is 272 g/mol. The molecule has 0 fully saturated rings. The highest BCUT2D eigenvalue weighted by Gasteiger charge is 2.29. The van der Waals surface area contributed by atoms with Gasteiger partial charge in [0.1, 0.15) is 5.58 Å². The Morgan fingerprint density at radius 2 is 1.33 bits per heavy atom. The number of hydrogen-bond acceptors (Lipinski definition) is 5. The number of furan rings is 1. The Morgan fingerprint density at radius 1 is 0.714 bits per heavy atom. The summed E-state index contributed by atoms with van der Waals surface area (Å²) in [7, 11) is 0. The van der Waals surface area contributed by atoms with Gasteiger partial charge in [-0.2, -0.15) is 0 Å². The van der Waals surface area contributed by atoms with Gasteiger partial charge in [-0.3, -0.25) is 0 Å². The van der Waals surface area contributed by atoms with Crippen LogP contribution in [0.1, 0.15) is 20.7 Å². The number of carbonyl (C=O) groups is 2. The number of benzene rings is 2. The van der Waals surface area contributed by atoms with Gasteiger partial charge in [0.05, 0.1) is 16.5 Å². The van der Waals surface area contributed by atoms with Crippen molar-refractivity contribution in [1.29, 1.82) is 0 Å². The first kappa shape index (κ1) is 11.7. The first-order valence-corrected chi connectivity index (χ1v) is 6.29. The second-order valence-electron chi connectivity index (χ2n) is 4.54. The molecule has 1 aliphatic heterocycles. The summed E-state index contributed by atoms with van der Waals surface area (Å²) >= 11 is 0. The van der Waals surface area contributed by atoms with E-state index < -0.39 is 11.9 Å². The molecule has 0 unspecified atom stereocenters. The molecule has 4 rings (SSSR count). The van der Waals surface area contributed by atoms with Gasteiger partial charge in [0, 0.05) is 0 Å². The molecule has 0 saturated carbocycles. The predicted molar refractivity (Wildman–Crippen MR) is 72.6 cm³/mol. The van der Waals surface area contributed by atoms with Crippen LogP contribution in [0.5, 0.6) is 11.7 Å². The molecule has 0 radical (unpaired) electrons. The minimum absolute atomic E-state index is 0.107. The summed E-state index contributed by atoms with van der Waals surface area (Å²) in [5.41, 5.74) is 0.793. The molecule has 0 bridgehead atoms. The van der Waals surface area contributed by atoms with Crippen LogP contribution >= 0.6 is 0 Å². The molecule has 0 saturated heterocycles. The van der Waals surface area contributed by atoms with E-state index in [0.29, 0.717) is 11.0 Å². The standard InChI is InChI=1S/C16H8O5/c17-14-9-5-1-2-6-10(9)15(18)21-16-13(20-14)11-7-3-4-8-12(11)19-16/h1-8H. The van der Waals surface area contributed by atoms with Crippen LogP contribution in [0.3, 0.4) is 0 Å². The quantitative estimate of drug-likeness (QED) is 0.592. The summed E-state index contributed by atoms with van der Waals surface area (Å²) < 4.78 is 16.0. The summed E-state index contributed by atoms with van der Waals surface area (Å²) in [6, 6.07) is 13.3. The number of para-hydroxylation sites is 1. The number of esters is 2. The van der Waals surface area contributed by atoms with Gasteiger partial charge in [0.25, 0.3) is 0 Å². The summed E-state index contributed by atoms with van der Waals surface area (Å²) in [5.74, 6) is -1.25. The summed E-state index contributed by atoms with van der Waals surface area (Å²) in [5, 5.41) is 0.577. The second-order valence-corrected chi connectivity index (χ2v) is 4.54. The van der Waals surface area contributed by atoms with Crippen molar-refractivity contribution in [2.75, 3.05) is 0 Å². The zero-order chi connectivity index (χ0) is 14.4. The van der Waals surface area contributed by atoms with Gasteiger partial charge >= 0.3 is 17.9 Å². The van der Waals surface area contributed by atoms with E-state index in [4.69, 9.17) is 13.9 Å². The molecule has 0 aliphatic carbocycles. The van der Waals surface area contributed by atoms with Crippen molar-refractivity contribution in [2.45, 2.75) is 0 Å². The third-order valence-electron chi connectivity index (χ3n) is 3.27. The van der Waals surface area contributed by atoms with E-state index in [9.17, 15) is 9.59 Å². The summed E-state index contributed by atoms with van der Waals surface area (Å²) in [4.78, 5) is 24.4. The zero-order valence-corrected chi connectivity index (χ0v) is 10.7. The minimum Gasteiger partial charge on any atom is -0.422 e. The average Bonchev–Trinajstić information content (AvgIpc) is 2.83. The van der Waals surface area contributed by atoms with E-state index in [2.05, 4.69) is 0 Å². The van der Waals surface area contributed by atoms with Crippen molar-refractivity contribution in [2.24, 2.45) is 0 Å². The Kier molecular flexibility index (Phi) is 2.35. The molecule has 21 heavy (non-hydrogen) atoms. The molecule has 5 heteroatoms. The Bertz CT molecular complexity index is 891. The average molecular weight is 280 g/mol. The number of carbonyl (C=O) groups excluding carboxylic acids is 2. The molecule has 1 aromatic heterocycles. The number of fused-ring (bicyclic) bond motifs is 4. The topological polar surface area (TPSA) is 65.7 Å². The number of hydrogen-bond donors (Lipinski definition) is 0. The maximum absolute atomic E-state index is 12.2. The van der Waals surface area contributed by atoms with E-state index in [1.165, 1.54) is 12.1 Å². The highest BCUT2D eigenvalue weighted by Crippen LogP contribution is 2.41. The van der Waals surface area contributed by atoms with Crippen molar-refractivity contribution in [3.63, 3.8) is 0 Å². The van der Waals surface area contributed by atoms with E-state index in [1.807, 2.05) is 0 Å². The van der Waals surface area contributed by atoms with Crippen molar-refractivity contribution >= 4 is 22.9 Å². The minimum atomic E-state index is -0.650. The summed E-state index contributed by atoms with van der Waals surface area (Å²) in [6.45, 7) is 0. The van der Waals surface area contributed by atoms with Crippen molar-refractivity contribution < 1.29 is 23.5 Å². The first-order chi connectivity index (χ1) is 10.2. The molecule has 0 atom stereocenters. The monoisotopic (exact) mass is 280 g/mol. The Hall–Kier alpha value is -3.08. The maximum atomic E-state index is 12.2. The largest absolute Gasteiger partial charge is 0.422 e. The normalized spacial score (nSPS) is 13.7. The lowest BCUT2D eigenvalue weighted by Gasteiger charge is -2.12. The molecule has 2 aromatic carbocycles. The van der Waals surface area contributed by atoms with Gasteiger partial charge in [-0.05, 0) is 24.3 Å². The van der Waals surface area contributed by atoms with E-state index in [1.54, 1.807) is 36.4 Å². The molecule has 0 N–H and O–H groups in total. The van der Waals surface area contributed by atoms with Gasteiger partial charge in [0.2, 0.25) is 5.75 Å². The zero-order valence-electron chi connectivity index (χ0n) is 10.7. The lowest BCUT2D eigenvalue weighted by Crippen LogP contribution is -2.20. The van der Waals surface area contributed by atoms with E-state index in [0.717, 1.165) is 0 Å². The fourth-order valence-corrected chi connectivity index (χ4v) is 2.29. The maximum Gasteiger partial charge on any atom is 0.346 e. The third-order valence-corrected chi connectivity index (χ3v) is 3.27. The van der Waals surface area contributed by atoms with Gasteiger partial charge < -0.3 is 13.9 Å². The van der Waals surface area contributed by atoms with Crippen LogP contribution < -0.4 is 9.47 Å². The fourth-order valence-electron chi connectivity index (χ4n) is 2.29. The smallest absolute Gasteiger partial charge is 0.346 e. The molecule has 1 aliphatic rings. The van der Waals surface area contributed by atoms with Crippen LogP contribution in [-0.4, -0.2) is 11.9 Å². The SMILES string of the molecule is O=C1Oc2oc3ccccc3c2OC(=O)c2ccccc21. The summed E-state index contributed by atoms with van der Waals surface area (Å²) in [6.07, 6.45) is 0. The lowest BCUT2D eigenvalue weighted by molar-refractivity contribution is 0.0617. The van der Waals surface area contributed by atoms with Gasteiger partial charge in [-0.15, -0.1) is 0 Å². The van der Waals surface area contributed by atoms with Gasteiger partial charge in [-0.25, -0.2) is 9.59 Å². The van der Waals surface area contributed by atoms with E-state index in [-0.39, 0.29) is 22.8 Å². The third kappa shape index (κ3) is 1.71. The number of ether oxygens (including phenoxy) is 2. The van der Waals surface area contributed by atoms with Crippen molar-refractivity contribution in [3.05, 3.63) is 59.7 Å². The molecule has 5 nitrogen and oxygen atoms in total. The molecule has 0 amide bonds. The van der Waals surface area contributed by atoms with Crippen LogP contribution in [0.25, 0.3) is 11.0 Å². The highest BCUT2D eigenvalue weighted by atomic mass is 16.6. The van der Waals surface area contributed by atoms with Crippen LogP contribution in [-0.2, 0) is 0 Å². The predicted octanol–water partition coefficient (Wildman–Crippen LogP) is 3.18. The van der Waals surface area contributed by atoms with Crippen LogP contribution in [0.4, 0.5) is 0 Å². The lowest BCUT2D eigenvalue weighted by atomic mass is 10.1. The molecule has 3 aromatic rings. The highest BCUT2D eigenvalue weighted by molar-refractivity contribution is 6.06. The molecule has 0 spiro atoms. The number of rotatable bonds is 0. The Labute approximate surface area is 118 Å². The molecular formula is C16H8O5. The van der Waals surface area contributed by atoms with Crippen LogP contribution in [0.2, 0.25) is 0 Å². The van der Waals surface area contributed by atoms with Crippen LogP contribution in [0.15, 0.2) is 52.9 Å². The second kappa shape index (κ2) is 4.21. The van der Waals surface area contributed by atoms with Crippen LogP contribution in [0, 0.1) is 0 Å². The van der Waals surface area contributed by atoms with Gasteiger partial charge in [0.15, 0.2) is 0 Å². The van der Waals surface area contributed by atoms with E-state index >= 15 is 0 Å². The Balaban J connectivity index is 1.95. The fraction of sp³-hybridized carbons (Fsp3) is 0. The first-order valence-electron chi connectivity index (χ1n) is 6.29. The molecule has 102 valence electrons. The Morgan fingerprint density at radius 3 is 2.10 bits per heavy atom. The van der Waals surface area contributed by atoms with Crippen molar-refractivity contribution in [3.8, 4) is 11.7 Å².